The van der Waals surface area contributed by atoms with Crippen molar-refractivity contribution >= 4 is 69.2 Å². The maximum atomic E-state index is 11.1. The van der Waals surface area contributed by atoms with E-state index in [2.05, 4.69) is 0 Å². The van der Waals surface area contributed by atoms with E-state index < -0.39 is 20.8 Å². The Balaban J connectivity index is -0.000000320. The molecule has 11 heteroatoms. The third-order valence-electron chi connectivity index (χ3n) is 0.199. The number of hydrogen-bond donors (Lipinski definition) is 1. The summed E-state index contributed by atoms with van der Waals surface area (Å²) in [4.78, 5) is 0. The summed E-state index contributed by atoms with van der Waals surface area (Å²) in [6, 6.07) is 0. The molecular formula is HF2LiNNaO4S2. The maximum Gasteiger partial charge on any atom is 0.387 e. The summed E-state index contributed by atoms with van der Waals surface area (Å²) in [5, 5.41) is 0. The molecule has 0 aromatic rings. The standard InChI is InChI=1S/F2HNO4S2.Li.Na/c1-8(4,5)3-9(2,6)7;;/h3H;;. The summed E-state index contributed by atoms with van der Waals surface area (Å²) >= 11 is 0. The van der Waals surface area contributed by atoms with Crippen molar-refractivity contribution in [2.45, 2.75) is 0 Å². The van der Waals surface area contributed by atoms with Gasteiger partial charge in [-0.15, -0.1) is 0 Å². The smallest absolute Gasteiger partial charge is 0.176 e. The van der Waals surface area contributed by atoms with Crippen LogP contribution >= 0.6 is 0 Å². The van der Waals surface area contributed by atoms with Crippen LogP contribution in [-0.4, -0.2) is 65.3 Å². The van der Waals surface area contributed by atoms with Crippen LogP contribution in [-0.2, 0) is 20.8 Å². The Labute approximate surface area is 97.1 Å². The van der Waals surface area contributed by atoms with Crippen LogP contribution in [0.5, 0.6) is 0 Å². The summed E-state index contributed by atoms with van der Waals surface area (Å²) in [5.74, 6) is 0. The molecule has 2 radical (unpaired) electrons. The maximum absolute atomic E-state index is 11.1. The second-order valence-electron chi connectivity index (χ2n) is 0.959. The second-order valence-corrected chi connectivity index (χ2v) is 3.38. The van der Waals surface area contributed by atoms with Gasteiger partial charge in [-0.25, -0.2) is 0 Å². The van der Waals surface area contributed by atoms with E-state index in [1.54, 1.807) is 0 Å². The first-order chi connectivity index (χ1) is 3.71. The zero-order valence-corrected chi connectivity index (χ0v) is 9.34. The zero-order chi connectivity index (χ0) is 7.71. The summed E-state index contributed by atoms with van der Waals surface area (Å²) in [5.41, 5.74) is 0. The molecule has 5 nitrogen and oxygen atoms in total. The first-order valence-corrected chi connectivity index (χ1v) is 4.15. The van der Waals surface area contributed by atoms with Crippen molar-refractivity contribution in [2.75, 3.05) is 0 Å². The summed E-state index contributed by atoms with van der Waals surface area (Å²) in [7, 11) is -11.0. The Morgan fingerprint density at radius 2 is 1.09 bits per heavy atom. The average Bonchev–Trinajstić information content (AvgIpc) is 1.14. The van der Waals surface area contributed by atoms with Crippen molar-refractivity contribution in [3.8, 4) is 0 Å². The average molecular weight is 211 g/mol. The minimum atomic E-state index is -5.49. The molecule has 0 saturated heterocycles. The van der Waals surface area contributed by atoms with Gasteiger partial charge in [0.1, 0.15) is 0 Å². The SMILES string of the molecule is O=S(=O)(F)NS(=O)(=O)F.[Li].[Na]. The van der Waals surface area contributed by atoms with Gasteiger partial charge >= 0.3 is 20.8 Å². The molecule has 0 rings (SSSR count). The van der Waals surface area contributed by atoms with E-state index in [1.165, 1.54) is 0 Å². The van der Waals surface area contributed by atoms with Gasteiger partial charge in [0.2, 0.25) is 0 Å². The van der Waals surface area contributed by atoms with Crippen LogP contribution in [0.25, 0.3) is 0 Å². The number of hydrogen-bond acceptors (Lipinski definition) is 4. The van der Waals surface area contributed by atoms with E-state index in [1.807, 2.05) is 0 Å². The molecule has 0 spiro atoms. The molecule has 0 amide bonds. The zero-order valence-electron chi connectivity index (χ0n) is 5.71. The van der Waals surface area contributed by atoms with Crippen molar-refractivity contribution in [2.24, 2.45) is 0 Å². The normalized spacial score (nSPS) is 11.1. The summed E-state index contributed by atoms with van der Waals surface area (Å²) < 4.78 is 59.3. The van der Waals surface area contributed by atoms with Gasteiger partial charge in [-0.1, -0.05) is 11.9 Å². The Kier molecular flexibility index (Phi) is 9.71. The molecule has 0 aromatic carbocycles. The molecule has 0 unspecified atom stereocenters. The third kappa shape index (κ3) is 18.3. The van der Waals surface area contributed by atoms with Gasteiger partial charge in [0, 0.05) is 48.4 Å². The van der Waals surface area contributed by atoms with Gasteiger partial charge < -0.3 is 0 Å². The molecule has 0 aliphatic rings. The molecule has 0 aromatic heterocycles. The Morgan fingerprint density at radius 3 is 1.09 bits per heavy atom. The molecule has 1 N–H and O–H groups in total. The summed E-state index contributed by atoms with van der Waals surface area (Å²) in [6.45, 7) is 0. The first kappa shape index (κ1) is 18.2. The molecule has 58 valence electrons. The second kappa shape index (κ2) is 5.88. The van der Waals surface area contributed by atoms with Crippen LogP contribution in [0.15, 0.2) is 0 Å². The van der Waals surface area contributed by atoms with E-state index in [0.29, 0.717) is 0 Å². The van der Waals surface area contributed by atoms with Gasteiger partial charge in [-0.05, 0) is 0 Å². The topological polar surface area (TPSA) is 80.3 Å². The van der Waals surface area contributed by atoms with Crippen molar-refractivity contribution in [3.63, 3.8) is 0 Å². The molecule has 0 heterocycles. The Morgan fingerprint density at radius 1 is 0.909 bits per heavy atom. The van der Waals surface area contributed by atoms with E-state index in [4.69, 9.17) is 0 Å². The van der Waals surface area contributed by atoms with Gasteiger partial charge in [-0.2, -0.15) is 16.8 Å². The van der Waals surface area contributed by atoms with Gasteiger partial charge in [0.15, 0.2) is 0 Å². The number of nitrogens with one attached hydrogen (secondary N) is 1. The fourth-order valence-electron chi connectivity index (χ4n) is 0.119. The molecular weight excluding hydrogens is 210 g/mol. The molecule has 0 bridgehead atoms. The van der Waals surface area contributed by atoms with Crippen LogP contribution in [0.1, 0.15) is 0 Å². The quantitative estimate of drug-likeness (QED) is 0.433. The largest absolute Gasteiger partial charge is 0.387 e. The van der Waals surface area contributed by atoms with Crippen LogP contribution in [0.3, 0.4) is 0 Å². The van der Waals surface area contributed by atoms with Gasteiger partial charge in [-0.3, -0.25) is 0 Å². The van der Waals surface area contributed by atoms with E-state index in [-0.39, 0.29) is 52.5 Å². The first-order valence-electron chi connectivity index (χ1n) is 1.38. The summed E-state index contributed by atoms with van der Waals surface area (Å²) in [6.07, 6.45) is 0. The predicted octanol–water partition coefficient (Wildman–Crippen LogP) is -1.76. The van der Waals surface area contributed by atoms with Crippen molar-refractivity contribution in [1.29, 1.82) is 0 Å². The van der Waals surface area contributed by atoms with Crippen LogP contribution in [0.2, 0.25) is 0 Å². The molecule has 0 aliphatic carbocycles. The van der Waals surface area contributed by atoms with Crippen LogP contribution < -0.4 is 4.13 Å². The minimum Gasteiger partial charge on any atom is -0.176 e. The number of halogens is 2. The number of rotatable bonds is 2. The molecule has 0 fully saturated rings. The van der Waals surface area contributed by atoms with Crippen LogP contribution in [0, 0.1) is 0 Å². The fourth-order valence-corrected chi connectivity index (χ4v) is 1.07. The third-order valence-corrected chi connectivity index (χ3v) is 1.79. The molecule has 0 aliphatic heterocycles. The predicted molar refractivity (Wildman–Crippen MR) is 34.7 cm³/mol. The molecule has 0 atom stereocenters. The van der Waals surface area contributed by atoms with E-state index >= 15 is 0 Å². The Hall–Kier alpha value is 1.32. The monoisotopic (exact) mass is 211 g/mol. The van der Waals surface area contributed by atoms with Gasteiger partial charge in [0.05, 0.1) is 0 Å². The van der Waals surface area contributed by atoms with Crippen LogP contribution in [0.4, 0.5) is 7.77 Å². The van der Waals surface area contributed by atoms with Crippen molar-refractivity contribution in [3.05, 3.63) is 0 Å². The minimum absolute atomic E-state index is 0. The Bertz CT molecular complexity index is 251. The van der Waals surface area contributed by atoms with E-state index in [9.17, 15) is 24.6 Å². The molecule has 11 heavy (non-hydrogen) atoms. The van der Waals surface area contributed by atoms with Crippen molar-refractivity contribution < 1.29 is 24.6 Å². The van der Waals surface area contributed by atoms with E-state index in [0.717, 1.165) is 0 Å². The molecule has 0 saturated carbocycles. The van der Waals surface area contributed by atoms with Gasteiger partial charge in [0.25, 0.3) is 0 Å². The van der Waals surface area contributed by atoms with Crippen molar-refractivity contribution in [1.82, 2.24) is 4.13 Å². The fraction of sp³-hybridized carbons (Fsp3) is 0.